The number of aromatic nitrogens is 1. The minimum atomic E-state index is -0.594. The number of carbonyl (C=O) groups is 2. The molecule has 0 aliphatic carbocycles. The molecular formula is C27H42N6O2S. The van der Waals surface area contributed by atoms with Gasteiger partial charge in [0.2, 0.25) is 0 Å². The van der Waals surface area contributed by atoms with Crippen molar-refractivity contribution in [2.24, 2.45) is 16.6 Å². The molecule has 2 aliphatic rings. The standard InChI is InChI=1S/C15H22N4O2.C10H14N2S.C2H6/c1-10-4-3-7-19(9-10)15(21)14(20)18-12-6-5-11(2)13(16)17-8-12;1-4-5-6-9-7-11-10(13-9)8-12(2)3;1-2/h5-6,8,10,12H,3-4,7,9,16H2,1-2H3,(H,18,20);4-7H,1,8H2,2-3H3;1-2H3/b;6-5-;. The highest BCUT2D eigenvalue weighted by molar-refractivity contribution is 7.12. The van der Waals surface area contributed by atoms with Crippen molar-refractivity contribution in [3.63, 3.8) is 0 Å². The molecular weight excluding hydrogens is 472 g/mol. The van der Waals surface area contributed by atoms with Crippen molar-refractivity contribution in [3.8, 4) is 0 Å². The van der Waals surface area contributed by atoms with E-state index in [1.54, 1.807) is 34.5 Å². The second-order valence-corrected chi connectivity index (χ2v) is 9.84. The van der Waals surface area contributed by atoms with Crippen molar-refractivity contribution in [2.45, 2.75) is 53.1 Å². The number of nitrogens with zero attached hydrogens (tertiary/aromatic N) is 4. The number of aliphatic imine (C=N–C) groups is 1. The largest absolute Gasteiger partial charge is 0.383 e. The Morgan fingerprint density at radius 3 is 2.72 bits per heavy atom. The molecule has 0 bridgehead atoms. The molecule has 1 aromatic rings. The highest BCUT2D eigenvalue weighted by atomic mass is 32.1. The lowest BCUT2D eigenvalue weighted by atomic mass is 10.0. The molecule has 0 spiro atoms. The molecule has 3 heterocycles. The van der Waals surface area contributed by atoms with Crippen LogP contribution in [-0.2, 0) is 16.1 Å². The summed E-state index contributed by atoms with van der Waals surface area (Å²) in [7, 11) is 4.08. The van der Waals surface area contributed by atoms with Crippen LogP contribution in [0.2, 0.25) is 0 Å². The molecule has 0 aromatic carbocycles. The molecule has 0 radical (unpaired) electrons. The van der Waals surface area contributed by atoms with Gasteiger partial charge in [0.05, 0.1) is 6.04 Å². The van der Waals surface area contributed by atoms with Gasteiger partial charge < -0.3 is 20.9 Å². The number of thiazole rings is 1. The maximum absolute atomic E-state index is 12.1. The van der Waals surface area contributed by atoms with Gasteiger partial charge in [-0.25, -0.2) is 9.98 Å². The number of hydrogen-bond donors (Lipinski definition) is 2. The van der Waals surface area contributed by atoms with Gasteiger partial charge in [0.1, 0.15) is 10.8 Å². The monoisotopic (exact) mass is 514 g/mol. The lowest BCUT2D eigenvalue weighted by molar-refractivity contribution is -0.147. The lowest BCUT2D eigenvalue weighted by Crippen LogP contribution is -2.49. The average molecular weight is 515 g/mol. The highest BCUT2D eigenvalue weighted by Gasteiger charge is 2.27. The molecule has 1 aromatic heterocycles. The Labute approximate surface area is 220 Å². The summed E-state index contributed by atoms with van der Waals surface area (Å²) in [6.45, 7) is 13.8. The van der Waals surface area contributed by atoms with Crippen LogP contribution in [-0.4, -0.2) is 66.0 Å². The molecule has 198 valence electrons. The molecule has 3 N–H and O–H groups in total. The summed E-state index contributed by atoms with van der Waals surface area (Å²) in [5.41, 5.74) is 6.54. The quantitative estimate of drug-likeness (QED) is 0.457. The van der Waals surface area contributed by atoms with Crippen LogP contribution in [0.3, 0.4) is 0 Å². The van der Waals surface area contributed by atoms with Gasteiger partial charge in [0.15, 0.2) is 0 Å². The zero-order chi connectivity index (χ0) is 27.1. The maximum atomic E-state index is 12.1. The number of amides is 2. The molecule has 36 heavy (non-hydrogen) atoms. The third-order valence-electron chi connectivity index (χ3n) is 5.19. The first-order valence-corrected chi connectivity index (χ1v) is 13.2. The third-order valence-corrected chi connectivity index (χ3v) is 6.13. The molecule has 3 rings (SSSR count). The van der Waals surface area contributed by atoms with E-state index in [2.05, 4.69) is 33.7 Å². The van der Waals surface area contributed by atoms with Crippen molar-refractivity contribution < 1.29 is 9.59 Å². The van der Waals surface area contributed by atoms with Gasteiger partial charge in [0, 0.05) is 36.9 Å². The van der Waals surface area contributed by atoms with Crippen LogP contribution in [0.15, 0.2) is 53.5 Å². The summed E-state index contributed by atoms with van der Waals surface area (Å²) in [6.07, 6.45) is 14.7. The van der Waals surface area contributed by atoms with E-state index in [4.69, 9.17) is 5.73 Å². The maximum Gasteiger partial charge on any atom is 0.311 e. The first-order valence-electron chi connectivity index (χ1n) is 12.4. The molecule has 8 nitrogen and oxygen atoms in total. The first-order chi connectivity index (χ1) is 17.2. The van der Waals surface area contributed by atoms with Crippen LogP contribution in [0.25, 0.3) is 6.08 Å². The van der Waals surface area contributed by atoms with E-state index in [1.165, 1.54) is 11.1 Å². The zero-order valence-electron chi connectivity index (χ0n) is 22.5. The number of carbonyl (C=O) groups excluding carboxylic acids is 2. The van der Waals surface area contributed by atoms with Crippen LogP contribution in [0.4, 0.5) is 0 Å². The van der Waals surface area contributed by atoms with Crippen molar-refractivity contribution in [1.82, 2.24) is 20.1 Å². The van der Waals surface area contributed by atoms with Gasteiger partial charge in [-0.05, 0) is 51.4 Å². The van der Waals surface area contributed by atoms with Gasteiger partial charge in [-0.15, -0.1) is 11.3 Å². The molecule has 1 fully saturated rings. The van der Waals surface area contributed by atoms with Crippen LogP contribution >= 0.6 is 11.3 Å². The topological polar surface area (TPSA) is 104 Å². The fourth-order valence-electron chi connectivity index (χ4n) is 3.37. The van der Waals surface area contributed by atoms with Gasteiger partial charge in [0.25, 0.3) is 0 Å². The highest BCUT2D eigenvalue weighted by Crippen LogP contribution is 2.16. The fraction of sp³-hybridized carbons (Fsp3) is 0.481. The number of hydrogen-bond acceptors (Lipinski definition) is 7. The first kappa shape index (κ1) is 31.0. The fourth-order valence-corrected chi connectivity index (χ4v) is 4.32. The Kier molecular flexibility index (Phi) is 14.3. The van der Waals surface area contributed by atoms with E-state index in [9.17, 15) is 9.59 Å². The normalized spacial score (nSPS) is 19.2. The van der Waals surface area contributed by atoms with E-state index >= 15 is 0 Å². The SMILES string of the molecule is C=C/C=C\c1cnc(CN(C)C)s1.CC.CC1=C(N)N=CC(NC(=O)C(=O)N2CCCC(C)C2)C=C1. The Balaban J connectivity index is 0.000000371. The molecule has 2 amide bonds. The zero-order valence-corrected chi connectivity index (χ0v) is 23.3. The Bertz CT molecular complexity index is 955. The van der Waals surface area contributed by atoms with E-state index in [1.807, 2.05) is 53.2 Å². The van der Waals surface area contributed by atoms with E-state index < -0.39 is 17.9 Å². The van der Waals surface area contributed by atoms with E-state index in [-0.39, 0.29) is 0 Å². The minimum absolute atomic E-state index is 0.416. The van der Waals surface area contributed by atoms with Crippen molar-refractivity contribution in [1.29, 1.82) is 0 Å². The third kappa shape index (κ3) is 11.1. The predicted octanol–water partition coefficient (Wildman–Crippen LogP) is 3.99. The number of likely N-dealkylation sites (tertiary alicyclic amines) is 1. The molecule has 2 unspecified atom stereocenters. The lowest BCUT2D eigenvalue weighted by Gasteiger charge is -2.30. The number of nitrogens with two attached hydrogens (primary N) is 1. The number of rotatable bonds is 5. The summed E-state index contributed by atoms with van der Waals surface area (Å²) >= 11 is 1.71. The van der Waals surface area contributed by atoms with Crippen LogP contribution in [0.1, 0.15) is 50.4 Å². The predicted molar refractivity (Wildman–Crippen MR) is 152 cm³/mol. The van der Waals surface area contributed by atoms with Crippen molar-refractivity contribution in [3.05, 3.63) is 58.4 Å². The Hall–Kier alpha value is -3.04. The van der Waals surface area contributed by atoms with Gasteiger partial charge in [-0.1, -0.05) is 51.7 Å². The molecule has 2 atom stereocenters. The summed E-state index contributed by atoms with van der Waals surface area (Å²) in [6, 6.07) is -0.417. The Morgan fingerprint density at radius 1 is 1.36 bits per heavy atom. The summed E-state index contributed by atoms with van der Waals surface area (Å²) in [5, 5.41) is 3.81. The minimum Gasteiger partial charge on any atom is -0.383 e. The average Bonchev–Trinajstić information content (AvgIpc) is 3.24. The molecule has 9 heteroatoms. The van der Waals surface area contributed by atoms with Gasteiger partial charge in [-0.3, -0.25) is 9.59 Å². The molecule has 2 aliphatic heterocycles. The van der Waals surface area contributed by atoms with E-state index in [0.717, 1.165) is 30.0 Å². The summed E-state index contributed by atoms with van der Waals surface area (Å²) in [5.74, 6) is -0.200. The summed E-state index contributed by atoms with van der Waals surface area (Å²) < 4.78 is 0. The van der Waals surface area contributed by atoms with Crippen LogP contribution in [0, 0.1) is 5.92 Å². The van der Waals surface area contributed by atoms with Crippen LogP contribution in [0.5, 0.6) is 0 Å². The smallest absolute Gasteiger partial charge is 0.311 e. The number of nitrogens with one attached hydrogen (secondary N) is 1. The Morgan fingerprint density at radius 2 is 2.08 bits per heavy atom. The van der Waals surface area contributed by atoms with Gasteiger partial charge in [-0.2, -0.15) is 0 Å². The van der Waals surface area contributed by atoms with Crippen molar-refractivity contribution in [2.75, 3.05) is 27.2 Å². The molecule has 1 saturated heterocycles. The van der Waals surface area contributed by atoms with Gasteiger partial charge >= 0.3 is 11.8 Å². The summed E-state index contributed by atoms with van der Waals surface area (Å²) in [4.78, 5) is 37.5. The van der Waals surface area contributed by atoms with Crippen molar-refractivity contribution >= 4 is 35.4 Å². The number of piperidine rings is 1. The number of allylic oxidation sites excluding steroid dienone is 4. The van der Waals surface area contributed by atoms with Crippen LogP contribution < -0.4 is 11.1 Å². The molecule has 0 saturated carbocycles. The second kappa shape index (κ2) is 16.6. The second-order valence-electron chi connectivity index (χ2n) is 8.69. The van der Waals surface area contributed by atoms with E-state index in [0.29, 0.717) is 24.8 Å².